The number of benzene rings is 1. The zero-order chi connectivity index (χ0) is 25.5. The summed E-state index contributed by atoms with van der Waals surface area (Å²) in [4.78, 5) is 17.5. The number of nitrogens with zero attached hydrogens (tertiary/aromatic N) is 5. The van der Waals surface area contributed by atoms with E-state index in [0.29, 0.717) is 0 Å². The fourth-order valence-electron chi connectivity index (χ4n) is 5.65. The second-order valence-corrected chi connectivity index (χ2v) is 10.4. The summed E-state index contributed by atoms with van der Waals surface area (Å²) < 4.78 is 2.05. The standard InChI is InChI=1S/C30H30N8/c1-19-17-38(18-33-19)28-8-4-7-25-23(28)12-27(34-25)30-29-26(36-37-30)10-9-24(35-29)22-11-21(15-32-16-22)14-31-13-20-5-2-3-6-20/h4,7-12,15-18,20,31,34H,2-3,5-6,13-14H2,1H3,(H,36,37). The van der Waals surface area contributed by atoms with Gasteiger partial charge in [0.1, 0.15) is 11.2 Å². The lowest BCUT2D eigenvalue weighted by Gasteiger charge is -2.11. The van der Waals surface area contributed by atoms with E-state index in [9.17, 15) is 0 Å². The average molecular weight is 503 g/mol. The van der Waals surface area contributed by atoms with Gasteiger partial charge in [0, 0.05) is 41.6 Å². The Labute approximate surface area is 220 Å². The molecule has 0 amide bonds. The first-order valence-electron chi connectivity index (χ1n) is 13.3. The van der Waals surface area contributed by atoms with Crippen LogP contribution >= 0.6 is 0 Å². The predicted molar refractivity (Wildman–Crippen MR) is 150 cm³/mol. The second-order valence-electron chi connectivity index (χ2n) is 10.4. The molecule has 190 valence electrons. The van der Waals surface area contributed by atoms with Crippen molar-refractivity contribution in [2.45, 2.75) is 39.2 Å². The van der Waals surface area contributed by atoms with Crippen LogP contribution in [0.15, 0.2) is 67.4 Å². The van der Waals surface area contributed by atoms with Crippen LogP contribution < -0.4 is 5.32 Å². The summed E-state index contributed by atoms with van der Waals surface area (Å²) in [6.07, 6.45) is 13.2. The van der Waals surface area contributed by atoms with Crippen molar-refractivity contribution in [3.63, 3.8) is 0 Å². The van der Waals surface area contributed by atoms with Crippen molar-refractivity contribution in [1.82, 2.24) is 40.0 Å². The minimum Gasteiger partial charge on any atom is -0.353 e. The summed E-state index contributed by atoms with van der Waals surface area (Å²) in [5.74, 6) is 0.819. The topological polar surface area (TPSA) is 100 Å². The van der Waals surface area contributed by atoms with Crippen LogP contribution in [0.1, 0.15) is 36.9 Å². The van der Waals surface area contributed by atoms with E-state index in [4.69, 9.17) is 4.98 Å². The zero-order valence-corrected chi connectivity index (χ0v) is 21.4. The number of aryl methyl sites for hydroxylation is 1. The van der Waals surface area contributed by atoms with Gasteiger partial charge in [0.25, 0.3) is 0 Å². The lowest BCUT2D eigenvalue weighted by molar-refractivity contribution is 0.489. The molecule has 8 nitrogen and oxygen atoms in total. The average Bonchev–Trinajstić information content (AvgIpc) is 3.74. The Morgan fingerprint density at radius 2 is 1.97 bits per heavy atom. The summed E-state index contributed by atoms with van der Waals surface area (Å²) in [5, 5.41) is 12.5. The molecule has 1 aliphatic rings. The highest BCUT2D eigenvalue weighted by molar-refractivity contribution is 5.97. The van der Waals surface area contributed by atoms with Crippen molar-refractivity contribution < 1.29 is 0 Å². The highest BCUT2D eigenvalue weighted by Crippen LogP contribution is 2.32. The molecule has 3 N–H and O–H groups in total. The number of hydrogen-bond donors (Lipinski definition) is 3. The Kier molecular flexibility index (Phi) is 5.74. The molecule has 5 aromatic heterocycles. The largest absolute Gasteiger partial charge is 0.353 e. The van der Waals surface area contributed by atoms with E-state index in [0.717, 1.165) is 75.0 Å². The maximum Gasteiger partial charge on any atom is 0.135 e. The lowest BCUT2D eigenvalue weighted by atomic mass is 10.1. The van der Waals surface area contributed by atoms with E-state index in [2.05, 4.69) is 65.4 Å². The van der Waals surface area contributed by atoms with E-state index in [-0.39, 0.29) is 0 Å². The van der Waals surface area contributed by atoms with Crippen LogP contribution in [0, 0.1) is 12.8 Å². The molecule has 6 aromatic rings. The number of rotatable bonds is 7. The van der Waals surface area contributed by atoms with Crippen LogP contribution in [0.2, 0.25) is 0 Å². The monoisotopic (exact) mass is 502 g/mol. The number of aromatic nitrogens is 7. The summed E-state index contributed by atoms with van der Waals surface area (Å²) in [5.41, 5.74) is 9.61. The van der Waals surface area contributed by atoms with Gasteiger partial charge in [0.05, 0.1) is 34.6 Å². The SMILES string of the molecule is Cc1cn(-c2cccc3[nH]c(-c4n[nH]c5ccc(-c6cncc(CNCC7CCCC7)c6)nc45)cc23)cn1. The fourth-order valence-corrected chi connectivity index (χ4v) is 5.65. The first-order valence-corrected chi connectivity index (χ1v) is 13.3. The molecule has 1 aliphatic carbocycles. The summed E-state index contributed by atoms with van der Waals surface area (Å²) in [6.45, 7) is 3.90. The molecule has 1 saturated carbocycles. The van der Waals surface area contributed by atoms with Crippen molar-refractivity contribution in [2.24, 2.45) is 5.92 Å². The van der Waals surface area contributed by atoms with Gasteiger partial charge in [-0.3, -0.25) is 10.1 Å². The van der Waals surface area contributed by atoms with Gasteiger partial charge in [-0.05, 0) is 74.2 Å². The van der Waals surface area contributed by atoms with Gasteiger partial charge in [-0.1, -0.05) is 18.9 Å². The molecule has 5 heterocycles. The van der Waals surface area contributed by atoms with Gasteiger partial charge in [0.2, 0.25) is 0 Å². The van der Waals surface area contributed by atoms with Gasteiger partial charge in [-0.2, -0.15) is 5.10 Å². The van der Waals surface area contributed by atoms with E-state index >= 15 is 0 Å². The molecule has 8 heteroatoms. The molecular formula is C30H30N8. The number of pyridine rings is 2. The van der Waals surface area contributed by atoms with E-state index in [1.165, 1.54) is 31.2 Å². The van der Waals surface area contributed by atoms with Crippen LogP contribution in [-0.4, -0.2) is 41.2 Å². The summed E-state index contributed by atoms with van der Waals surface area (Å²) in [6, 6.07) is 14.6. The Bertz CT molecular complexity index is 1730. The molecule has 38 heavy (non-hydrogen) atoms. The number of H-pyrrole nitrogens is 2. The Hall–Kier alpha value is -4.30. The molecule has 0 unspecified atom stereocenters. The van der Waals surface area contributed by atoms with Gasteiger partial charge < -0.3 is 14.9 Å². The van der Waals surface area contributed by atoms with Crippen LogP contribution in [0.3, 0.4) is 0 Å². The third kappa shape index (κ3) is 4.26. The van der Waals surface area contributed by atoms with E-state index in [1.807, 2.05) is 44.0 Å². The third-order valence-corrected chi connectivity index (χ3v) is 7.62. The number of aromatic amines is 2. The molecule has 1 aromatic carbocycles. The van der Waals surface area contributed by atoms with Crippen molar-refractivity contribution in [3.05, 3.63) is 78.6 Å². The predicted octanol–water partition coefficient (Wildman–Crippen LogP) is 5.94. The molecule has 0 aliphatic heterocycles. The van der Waals surface area contributed by atoms with Crippen molar-refractivity contribution >= 4 is 21.9 Å². The third-order valence-electron chi connectivity index (χ3n) is 7.62. The number of nitrogens with one attached hydrogen (secondary N) is 3. The summed E-state index contributed by atoms with van der Waals surface area (Å²) in [7, 11) is 0. The van der Waals surface area contributed by atoms with Gasteiger partial charge >= 0.3 is 0 Å². The van der Waals surface area contributed by atoms with E-state index in [1.54, 1.807) is 0 Å². The first kappa shape index (κ1) is 22.9. The normalized spacial score (nSPS) is 14.2. The number of fused-ring (bicyclic) bond motifs is 2. The molecule has 0 atom stereocenters. The Morgan fingerprint density at radius 1 is 1.05 bits per heavy atom. The van der Waals surface area contributed by atoms with Crippen LogP contribution in [-0.2, 0) is 6.54 Å². The molecule has 0 saturated heterocycles. The molecule has 1 fully saturated rings. The van der Waals surface area contributed by atoms with Crippen molar-refractivity contribution in [2.75, 3.05) is 6.54 Å². The summed E-state index contributed by atoms with van der Waals surface area (Å²) >= 11 is 0. The first-order chi connectivity index (χ1) is 18.7. The molecule has 0 spiro atoms. The van der Waals surface area contributed by atoms with Crippen LogP contribution in [0.25, 0.3) is 50.3 Å². The Balaban J connectivity index is 1.20. The molecule has 0 bridgehead atoms. The van der Waals surface area contributed by atoms with Gasteiger partial charge in [-0.15, -0.1) is 0 Å². The van der Waals surface area contributed by atoms with E-state index < -0.39 is 0 Å². The van der Waals surface area contributed by atoms with Gasteiger partial charge in [-0.25, -0.2) is 9.97 Å². The van der Waals surface area contributed by atoms with Crippen LogP contribution in [0.5, 0.6) is 0 Å². The van der Waals surface area contributed by atoms with Crippen LogP contribution in [0.4, 0.5) is 0 Å². The molecule has 0 radical (unpaired) electrons. The van der Waals surface area contributed by atoms with Crippen molar-refractivity contribution in [1.29, 1.82) is 0 Å². The smallest absolute Gasteiger partial charge is 0.135 e. The molecular weight excluding hydrogens is 472 g/mol. The quantitative estimate of drug-likeness (QED) is 0.251. The maximum atomic E-state index is 5.03. The highest BCUT2D eigenvalue weighted by Gasteiger charge is 2.16. The second kappa shape index (κ2) is 9.54. The minimum atomic E-state index is 0.799. The maximum absolute atomic E-state index is 5.03. The minimum absolute atomic E-state index is 0.799. The number of hydrogen-bond acceptors (Lipinski definition) is 5. The Morgan fingerprint density at radius 3 is 2.84 bits per heavy atom. The zero-order valence-electron chi connectivity index (χ0n) is 21.4. The number of imidazole rings is 1. The molecule has 7 rings (SSSR count). The fraction of sp³-hybridized carbons (Fsp3) is 0.267. The van der Waals surface area contributed by atoms with Crippen molar-refractivity contribution in [3.8, 4) is 28.3 Å². The highest BCUT2D eigenvalue weighted by atomic mass is 15.1. The lowest BCUT2D eigenvalue weighted by Crippen LogP contribution is -2.20. The van der Waals surface area contributed by atoms with Gasteiger partial charge in [0.15, 0.2) is 0 Å².